The number of hydrogen-bond donors (Lipinski definition) is 4. The van der Waals surface area contributed by atoms with Gasteiger partial charge in [0.25, 0.3) is 0 Å². The molecule has 12 heteroatoms. The maximum Gasteiger partial charge on any atom is 0.250 e. The van der Waals surface area contributed by atoms with E-state index < -0.39 is 64.4 Å². The number of Topliss-reactive ketones (excluding diaryl/α,β-unsaturated/α-hetero) is 4. The van der Waals surface area contributed by atoms with Gasteiger partial charge in [0, 0.05) is 18.7 Å². The van der Waals surface area contributed by atoms with Crippen LogP contribution in [0.15, 0.2) is 36.4 Å². The van der Waals surface area contributed by atoms with E-state index in [-0.39, 0.29) is 36.7 Å². The van der Waals surface area contributed by atoms with Gasteiger partial charge in [-0.25, -0.2) is 0 Å². The number of nitrogens with two attached hydrogens (primary N) is 1. The number of phenols is 1. The molecule has 2 saturated carbocycles. The van der Waals surface area contributed by atoms with Gasteiger partial charge in [0.2, 0.25) is 11.8 Å². The number of anilines is 1. The maximum atomic E-state index is 13.9. The zero-order valence-electron chi connectivity index (χ0n) is 23.2. The van der Waals surface area contributed by atoms with E-state index in [2.05, 4.69) is 5.32 Å². The first-order valence-electron chi connectivity index (χ1n) is 13.4. The van der Waals surface area contributed by atoms with Gasteiger partial charge in [-0.1, -0.05) is 18.2 Å². The first kappa shape index (κ1) is 29.2. The minimum Gasteiger partial charge on any atom is -0.507 e. The second-order valence-corrected chi connectivity index (χ2v) is 11.3. The summed E-state index contributed by atoms with van der Waals surface area (Å²) in [6, 6.07) is 8.64. The van der Waals surface area contributed by atoms with Crippen molar-refractivity contribution in [3.05, 3.63) is 47.5 Å². The molecule has 2 aromatic carbocycles. The topological polar surface area (TPSA) is 193 Å². The highest BCUT2D eigenvalue weighted by molar-refractivity contribution is 6.32. The number of benzene rings is 2. The van der Waals surface area contributed by atoms with Gasteiger partial charge in [-0.05, 0) is 67.7 Å². The van der Waals surface area contributed by atoms with Crippen molar-refractivity contribution in [3.8, 4) is 16.9 Å². The molecule has 2 amide bonds. The van der Waals surface area contributed by atoms with E-state index in [0.717, 1.165) is 0 Å². The summed E-state index contributed by atoms with van der Waals surface area (Å²) in [6.07, 6.45) is 0.103. The number of primary amides is 1. The zero-order valence-corrected chi connectivity index (χ0v) is 23.2. The lowest BCUT2D eigenvalue weighted by atomic mass is 9.52. The molecule has 0 spiro atoms. The lowest BCUT2D eigenvalue weighted by Crippen LogP contribution is -2.74. The fourth-order valence-electron chi connectivity index (χ4n) is 6.94. The number of nitrogens with zero attached hydrogens (tertiary/aromatic N) is 1. The molecule has 2 aromatic rings. The van der Waals surface area contributed by atoms with E-state index >= 15 is 0 Å². The first-order chi connectivity index (χ1) is 19.8. The third kappa shape index (κ3) is 4.34. The Hall–Kier alpha value is -4.26. The van der Waals surface area contributed by atoms with E-state index in [4.69, 9.17) is 10.5 Å². The van der Waals surface area contributed by atoms with E-state index in [1.54, 1.807) is 30.3 Å². The van der Waals surface area contributed by atoms with E-state index in [9.17, 15) is 39.0 Å². The highest BCUT2D eigenvalue weighted by Crippen LogP contribution is 2.51. The minimum atomic E-state index is -2.77. The van der Waals surface area contributed by atoms with Crippen molar-refractivity contribution < 1.29 is 43.7 Å². The number of carbonyl (C=O) groups excluding carboxylic acids is 6. The number of phenolic OH excluding ortho intramolecular Hbond substituents is 1. The molecule has 0 aliphatic heterocycles. The first-order valence-corrected chi connectivity index (χ1v) is 13.4. The second-order valence-electron chi connectivity index (χ2n) is 11.3. The Morgan fingerprint density at radius 1 is 1.07 bits per heavy atom. The average molecular weight is 578 g/mol. The lowest BCUT2D eigenvalue weighted by molar-refractivity contribution is -0.181. The summed E-state index contributed by atoms with van der Waals surface area (Å²) in [6.45, 7) is -0.109. The van der Waals surface area contributed by atoms with Crippen molar-refractivity contribution in [3.63, 3.8) is 0 Å². The molecule has 12 nitrogen and oxygen atoms in total. The Morgan fingerprint density at radius 2 is 1.74 bits per heavy atom. The summed E-state index contributed by atoms with van der Waals surface area (Å²) < 4.78 is 4.82. The van der Waals surface area contributed by atoms with E-state index in [1.807, 2.05) is 0 Å². The summed E-state index contributed by atoms with van der Waals surface area (Å²) in [5, 5.41) is 25.1. The van der Waals surface area contributed by atoms with Gasteiger partial charge in [-0.2, -0.15) is 0 Å². The molecule has 5 rings (SSSR count). The van der Waals surface area contributed by atoms with Gasteiger partial charge in [0.15, 0.2) is 34.7 Å². The van der Waals surface area contributed by atoms with Crippen LogP contribution in [0.4, 0.5) is 5.69 Å². The molecule has 0 saturated heterocycles. The molecule has 3 aliphatic carbocycles. The molecule has 2 unspecified atom stereocenters. The van der Waals surface area contributed by atoms with Crippen LogP contribution in [0.25, 0.3) is 11.1 Å². The number of ketones is 4. The van der Waals surface area contributed by atoms with Crippen LogP contribution in [0, 0.1) is 23.7 Å². The van der Waals surface area contributed by atoms with Gasteiger partial charge in [0.1, 0.15) is 12.4 Å². The molecule has 220 valence electrons. The normalized spacial score (nSPS) is 28.6. The van der Waals surface area contributed by atoms with Crippen LogP contribution in [-0.2, 0) is 35.1 Å². The number of aliphatic hydroxyl groups is 1. The predicted octanol–water partition coefficient (Wildman–Crippen LogP) is 0.119. The number of methoxy groups -OCH3 is 1. The number of hydrogen-bond acceptors (Lipinski definition) is 10. The lowest BCUT2D eigenvalue weighted by Gasteiger charge is -2.52. The van der Waals surface area contributed by atoms with Crippen molar-refractivity contribution in [2.45, 2.75) is 24.5 Å². The van der Waals surface area contributed by atoms with Crippen LogP contribution >= 0.6 is 0 Å². The smallest absolute Gasteiger partial charge is 0.250 e. The molecule has 6 atom stereocenters. The summed E-state index contributed by atoms with van der Waals surface area (Å²) in [4.78, 5) is 79.8. The minimum absolute atomic E-state index is 0.0382. The fraction of sp³-hybridized carbons (Fsp3) is 0.400. The number of carbonyl (C=O) groups is 6. The summed E-state index contributed by atoms with van der Waals surface area (Å²) in [7, 11) is 4.48. The Bertz CT molecular complexity index is 1530. The Labute approximate surface area is 240 Å². The predicted molar refractivity (Wildman–Crippen MR) is 147 cm³/mol. The molecular formula is C30H31N3O9. The van der Waals surface area contributed by atoms with E-state index in [0.29, 0.717) is 22.4 Å². The molecule has 0 radical (unpaired) electrons. The highest BCUT2D eigenvalue weighted by atomic mass is 16.5. The maximum absolute atomic E-state index is 13.9. The van der Waals surface area contributed by atoms with Crippen LogP contribution in [0.1, 0.15) is 22.3 Å². The molecule has 0 bridgehead atoms. The van der Waals surface area contributed by atoms with Crippen LogP contribution in [0.5, 0.6) is 5.75 Å². The van der Waals surface area contributed by atoms with Crippen molar-refractivity contribution in [2.24, 2.45) is 29.4 Å². The molecule has 0 aromatic heterocycles. The van der Waals surface area contributed by atoms with Crippen LogP contribution in [0.3, 0.4) is 0 Å². The average Bonchev–Trinajstić information content (AvgIpc) is 2.91. The zero-order chi connectivity index (χ0) is 30.7. The highest BCUT2D eigenvalue weighted by Gasteiger charge is 2.69. The molecular weight excluding hydrogens is 546 g/mol. The van der Waals surface area contributed by atoms with Crippen LogP contribution < -0.4 is 11.1 Å². The third-order valence-electron chi connectivity index (χ3n) is 8.70. The van der Waals surface area contributed by atoms with Crippen molar-refractivity contribution in [1.82, 2.24) is 4.90 Å². The summed E-state index contributed by atoms with van der Waals surface area (Å²) in [5.74, 6) is -11.3. The summed E-state index contributed by atoms with van der Waals surface area (Å²) >= 11 is 0. The van der Waals surface area contributed by atoms with Crippen LogP contribution in [-0.4, -0.2) is 89.5 Å². The number of aromatic hydroxyl groups is 1. The number of ether oxygens (including phenoxy) is 1. The SMILES string of the molecule is COCC(=O)Nc1ccc(-c2ccc(O)c3c2C[C@H]2C[C@H]4[C@H](N(C)C)C(=O)C(C(N)=O)C(=O)[C@@]4(O)C(=O)C2C3=O)cc1. The largest absolute Gasteiger partial charge is 0.507 e. The summed E-state index contributed by atoms with van der Waals surface area (Å²) in [5.41, 5.74) is 4.80. The Balaban J connectivity index is 1.56. The standard InChI is InChI=1S/C30H31N3O9/c1-33(2)24-18-11-14-10-17-16(13-4-6-15(7-5-13)32-20(35)12-42-3)8-9-19(34)22(17)25(36)21(14)27(38)30(18,41)28(39)23(26(24)37)29(31)40/h4-9,14,18,21,23-24,34,41H,10-12H2,1-3H3,(H2,31,40)(H,32,35)/t14-,18-,21?,23?,24-,30-/m0/s1. The molecule has 2 fully saturated rings. The molecule has 5 N–H and O–H groups in total. The molecule has 42 heavy (non-hydrogen) atoms. The number of nitrogens with one attached hydrogen (secondary N) is 1. The monoisotopic (exact) mass is 577 g/mol. The van der Waals surface area contributed by atoms with Crippen LogP contribution in [0.2, 0.25) is 0 Å². The van der Waals surface area contributed by atoms with Gasteiger partial charge in [-0.3, -0.25) is 33.7 Å². The molecule has 3 aliphatic rings. The number of likely N-dealkylation sites (N-methyl/N-ethyl adjacent to an activating group) is 1. The van der Waals surface area contributed by atoms with Crippen molar-refractivity contribution >= 4 is 40.6 Å². The van der Waals surface area contributed by atoms with Crippen molar-refractivity contribution in [1.29, 1.82) is 0 Å². The fourth-order valence-corrected chi connectivity index (χ4v) is 6.94. The van der Waals surface area contributed by atoms with Gasteiger partial charge < -0.3 is 26.0 Å². The Kier molecular flexibility index (Phi) is 7.34. The van der Waals surface area contributed by atoms with Gasteiger partial charge in [-0.15, -0.1) is 0 Å². The Morgan fingerprint density at radius 3 is 2.33 bits per heavy atom. The van der Waals surface area contributed by atoms with Gasteiger partial charge in [0.05, 0.1) is 17.5 Å². The van der Waals surface area contributed by atoms with Gasteiger partial charge >= 0.3 is 0 Å². The number of rotatable bonds is 6. The van der Waals surface area contributed by atoms with Crippen molar-refractivity contribution in [2.75, 3.05) is 33.1 Å². The second kappa shape index (κ2) is 10.5. The third-order valence-corrected chi connectivity index (χ3v) is 8.70. The van der Waals surface area contributed by atoms with E-state index in [1.165, 1.54) is 32.2 Å². The number of amides is 2. The molecule has 0 heterocycles. The number of fused-ring (bicyclic) bond motifs is 3. The quantitative estimate of drug-likeness (QED) is 0.343.